The number of rotatable bonds is 3. The first kappa shape index (κ1) is 13.2. The Labute approximate surface area is 115 Å². The van der Waals surface area contributed by atoms with Crippen LogP contribution in [0.1, 0.15) is 15.9 Å². The summed E-state index contributed by atoms with van der Waals surface area (Å²) < 4.78 is 5.70. The zero-order valence-electron chi connectivity index (χ0n) is 10.3. The van der Waals surface area contributed by atoms with Crippen LogP contribution in [0.3, 0.4) is 0 Å². The predicted molar refractivity (Wildman–Crippen MR) is 75.6 cm³/mol. The number of anilines is 1. The molecule has 0 radical (unpaired) electrons. The normalized spacial score (nSPS) is 10.2. The Balaban J connectivity index is 2.44. The third-order valence-electron chi connectivity index (χ3n) is 2.64. The van der Waals surface area contributed by atoms with Crippen LogP contribution in [0.5, 0.6) is 11.5 Å². The summed E-state index contributed by atoms with van der Waals surface area (Å²) in [5, 5.41) is 0.262. The van der Waals surface area contributed by atoms with Crippen molar-refractivity contribution in [2.45, 2.75) is 6.92 Å². The second kappa shape index (κ2) is 5.20. The molecule has 4 nitrogen and oxygen atoms in total. The average Bonchev–Trinajstić information content (AvgIpc) is 2.32. The lowest BCUT2D eigenvalue weighted by Gasteiger charge is -2.12. The van der Waals surface area contributed by atoms with E-state index in [1.165, 1.54) is 0 Å². The highest BCUT2D eigenvalue weighted by atomic mass is 35.5. The fourth-order valence-corrected chi connectivity index (χ4v) is 1.99. The number of halogens is 1. The highest BCUT2D eigenvalue weighted by Crippen LogP contribution is 2.32. The summed E-state index contributed by atoms with van der Waals surface area (Å²) in [5.74, 6) is 0.292. The van der Waals surface area contributed by atoms with Crippen molar-refractivity contribution in [2.24, 2.45) is 5.73 Å². The number of nitrogens with two attached hydrogens (primary N) is 2. The van der Waals surface area contributed by atoms with E-state index >= 15 is 0 Å². The Morgan fingerprint density at radius 1 is 1.21 bits per heavy atom. The summed E-state index contributed by atoms with van der Waals surface area (Å²) in [5.41, 5.74) is 12.6. The van der Waals surface area contributed by atoms with Gasteiger partial charge < -0.3 is 16.2 Å². The molecule has 0 saturated carbocycles. The van der Waals surface area contributed by atoms with E-state index in [1.807, 2.05) is 6.92 Å². The van der Waals surface area contributed by atoms with Crippen molar-refractivity contribution < 1.29 is 9.53 Å². The summed E-state index contributed by atoms with van der Waals surface area (Å²) >= 11 is 5.95. The highest BCUT2D eigenvalue weighted by molar-refractivity contribution is 6.34. The van der Waals surface area contributed by atoms with Gasteiger partial charge in [0.05, 0.1) is 5.02 Å². The maximum absolute atomic E-state index is 11.4. The smallest absolute Gasteiger partial charge is 0.254 e. The highest BCUT2D eigenvalue weighted by Gasteiger charge is 2.15. The molecule has 0 atom stereocenters. The molecule has 0 bridgehead atoms. The quantitative estimate of drug-likeness (QED) is 0.846. The average molecular weight is 277 g/mol. The van der Waals surface area contributed by atoms with Crippen molar-refractivity contribution >= 4 is 23.2 Å². The zero-order chi connectivity index (χ0) is 14.0. The molecular weight excluding hydrogens is 264 g/mol. The van der Waals surface area contributed by atoms with Crippen LogP contribution in [-0.4, -0.2) is 5.91 Å². The Bertz CT molecular complexity index is 641. The number of aryl methyl sites for hydroxylation is 1. The van der Waals surface area contributed by atoms with E-state index in [0.717, 1.165) is 5.56 Å². The van der Waals surface area contributed by atoms with Crippen molar-refractivity contribution in [3.05, 3.63) is 52.5 Å². The second-order valence-electron chi connectivity index (χ2n) is 4.10. The van der Waals surface area contributed by atoms with Gasteiger partial charge in [-0.2, -0.15) is 0 Å². The molecule has 0 heterocycles. The molecule has 1 amide bonds. The van der Waals surface area contributed by atoms with Crippen LogP contribution in [0.4, 0.5) is 5.69 Å². The van der Waals surface area contributed by atoms with Gasteiger partial charge in [0.1, 0.15) is 17.1 Å². The Kier molecular flexibility index (Phi) is 3.62. The van der Waals surface area contributed by atoms with Crippen LogP contribution >= 0.6 is 11.6 Å². The number of carbonyl (C=O) groups excluding carboxylic acids is 1. The summed E-state index contributed by atoms with van der Waals surface area (Å²) in [4.78, 5) is 11.4. The van der Waals surface area contributed by atoms with Crippen molar-refractivity contribution in [3.8, 4) is 11.5 Å². The Morgan fingerprint density at radius 2 is 1.95 bits per heavy atom. The van der Waals surface area contributed by atoms with Crippen LogP contribution in [0.2, 0.25) is 5.02 Å². The van der Waals surface area contributed by atoms with E-state index in [1.54, 1.807) is 36.4 Å². The first-order valence-corrected chi connectivity index (χ1v) is 5.99. The molecule has 0 aromatic heterocycles. The minimum absolute atomic E-state index is 0.167. The molecule has 98 valence electrons. The van der Waals surface area contributed by atoms with E-state index in [0.29, 0.717) is 17.2 Å². The minimum atomic E-state index is -0.631. The first-order chi connectivity index (χ1) is 8.99. The van der Waals surface area contributed by atoms with Gasteiger partial charge in [0.2, 0.25) is 0 Å². The van der Waals surface area contributed by atoms with Crippen LogP contribution in [0.15, 0.2) is 36.4 Å². The second-order valence-corrected chi connectivity index (χ2v) is 4.51. The van der Waals surface area contributed by atoms with E-state index in [4.69, 9.17) is 27.8 Å². The molecule has 0 fully saturated rings. The minimum Gasteiger partial charge on any atom is -0.456 e. The van der Waals surface area contributed by atoms with Gasteiger partial charge in [0.25, 0.3) is 5.91 Å². The SMILES string of the molecule is Cc1cc(N)ccc1Oc1cccc(Cl)c1C(N)=O. The van der Waals surface area contributed by atoms with Gasteiger partial charge in [0, 0.05) is 5.69 Å². The Morgan fingerprint density at radius 3 is 2.58 bits per heavy atom. The van der Waals surface area contributed by atoms with Crippen molar-refractivity contribution in [1.82, 2.24) is 0 Å². The lowest BCUT2D eigenvalue weighted by Crippen LogP contribution is -2.13. The van der Waals surface area contributed by atoms with Gasteiger partial charge >= 0.3 is 0 Å². The first-order valence-electron chi connectivity index (χ1n) is 5.61. The molecule has 0 aliphatic rings. The molecule has 0 unspecified atom stereocenters. The number of carbonyl (C=O) groups is 1. The number of ether oxygens (including phenoxy) is 1. The van der Waals surface area contributed by atoms with Gasteiger partial charge in [-0.3, -0.25) is 4.79 Å². The van der Waals surface area contributed by atoms with Gasteiger partial charge in [-0.15, -0.1) is 0 Å². The lowest BCUT2D eigenvalue weighted by molar-refractivity contribution is 0.0998. The van der Waals surface area contributed by atoms with Crippen LogP contribution < -0.4 is 16.2 Å². The standard InChI is InChI=1S/C14H13ClN2O2/c1-8-7-9(16)5-6-11(8)19-12-4-2-3-10(15)13(12)14(17)18/h2-7H,16H2,1H3,(H2,17,18). The van der Waals surface area contributed by atoms with Crippen molar-refractivity contribution in [2.75, 3.05) is 5.73 Å². The number of hydrogen-bond donors (Lipinski definition) is 2. The summed E-state index contributed by atoms with van der Waals surface area (Å²) in [6.07, 6.45) is 0. The third-order valence-corrected chi connectivity index (χ3v) is 2.96. The topological polar surface area (TPSA) is 78.3 Å². The monoisotopic (exact) mass is 276 g/mol. The van der Waals surface area contributed by atoms with Crippen molar-refractivity contribution in [1.29, 1.82) is 0 Å². The summed E-state index contributed by atoms with van der Waals surface area (Å²) in [6, 6.07) is 10.2. The maximum atomic E-state index is 11.4. The van der Waals surface area contributed by atoms with Crippen molar-refractivity contribution in [3.63, 3.8) is 0 Å². The van der Waals surface area contributed by atoms with Crippen LogP contribution in [-0.2, 0) is 0 Å². The molecule has 0 saturated heterocycles. The number of amides is 1. The molecule has 2 aromatic carbocycles. The van der Waals surface area contributed by atoms with Crippen LogP contribution in [0, 0.1) is 6.92 Å². The maximum Gasteiger partial charge on any atom is 0.254 e. The summed E-state index contributed by atoms with van der Waals surface area (Å²) in [6.45, 7) is 1.86. The third kappa shape index (κ3) is 2.80. The number of hydrogen-bond acceptors (Lipinski definition) is 3. The Hall–Kier alpha value is -2.20. The van der Waals surface area contributed by atoms with Gasteiger partial charge in [-0.05, 0) is 42.8 Å². The van der Waals surface area contributed by atoms with Gasteiger partial charge in [-0.1, -0.05) is 17.7 Å². The molecule has 0 aliphatic heterocycles. The molecule has 0 spiro atoms. The molecule has 4 N–H and O–H groups in total. The lowest BCUT2D eigenvalue weighted by atomic mass is 10.1. The predicted octanol–water partition coefficient (Wildman–Crippen LogP) is 3.12. The number of benzene rings is 2. The van der Waals surface area contributed by atoms with E-state index < -0.39 is 5.91 Å². The van der Waals surface area contributed by atoms with E-state index in [2.05, 4.69) is 0 Å². The fourth-order valence-electron chi connectivity index (χ4n) is 1.73. The molecular formula is C14H13ClN2O2. The molecule has 5 heteroatoms. The fraction of sp³-hybridized carbons (Fsp3) is 0.0714. The molecule has 19 heavy (non-hydrogen) atoms. The van der Waals surface area contributed by atoms with Gasteiger partial charge in [0.15, 0.2) is 0 Å². The molecule has 0 aliphatic carbocycles. The number of primary amides is 1. The molecule has 2 aromatic rings. The number of nitrogen functional groups attached to an aromatic ring is 1. The summed E-state index contributed by atoms with van der Waals surface area (Å²) in [7, 11) is 0. The van der Waals surface area contributed by atoms with E-state index in [9.17, 15) is 4.79 Å². The largest absolute Gasteiger partial charge is 0.456 e. The van der Waals surface area contributed by atoms with Crippen LogP contribution in [0.25, 0.3) is 0 Å². The zero-order valence-corrected chi connectivity index (χ0v) is 11.1. The van der Waals surface area contributed by atoms with Gasteiger partial charge in [-0.25, -0.2) is 0 Å². The molecule has 2 rings (SSSR count). The van der Waals surface area contributed by atoms with E-state index in [-0.39, 0.29) is 10.6 Å².